The molecule has 0 spiro atoms. The fourth-order valence-electron chi connectivity index (χ4n) is 0.872. The molecule has 0 aliphatic carbocycles. The molecular weight excluding hydrogens is 166 g/mol. The van der Waals surface area contributed by atoms with E-state index in [1.165, 1.54) is 12.1 Å². The summed E-state index contributed by atoms with van der Waals surface area (Å²) in [7, 11) is 0. The highest BCUT2D eigenvalue weighted by Gasteiger charge is 2.01. The average Bonchev–Trinajstić information content (AvgIpc) is 2.15. The van der Waals surface area contributed by atoms with Crippen LogP contribution in [0.15, 0.2) is 36.1 Å². The Balaban J connectivity index is 2.94. The van der Waals surface area contributed by atoms with Crippen LogP contribution in [0.25, 0.3) is 6.08 Å². The Bertz CT molecular complexity index is 359. The minimum Gasteiger partial charge on any atom is -0.258 e. The normalized spacial score (nSPS) is 8.69. The van der Waals surface area contributed by atoms with E-state index in [1.807, 2.05) is 6.92 Å². The number of hydrogen-bond donors (Lipinski definition) is 0. The monoisotopic (exact) mass is 175 g/mol. The Morgan fingerprint density at radius 3 is 2.46 bits per heavy atom. The molecule has 13 heavy (non-hydrogen) atoms. The van der Waals surface area contributed by atoms with Gasteiger partial charge < -0.3 is 0 Å². The van der Waals surface area contributed by atoms with Crippen molar-refractivity contribution in [3.05, 3.63) is 51.8 Å². The minimum atomic E-state index is -0.414. The van der Waals surface area contributed by atoms with Crippen molar-refractivity contribution in [2.75, 3.05) is 0 Å². The van der Waals surface area contributed by atoms with Gasteiger partial charge in [-0.3, -0.25) is 10.1 Å². The summed E-state index contributed by atoms with van der Waals surface area (Å²) in [5.41, 5.74) is 3.91. The zero-order chi connectivity index (χ0) is 9.68. The second-order valence-corrected chi connectivity index (χ2v) is 2.45. The first-order chi connectivity index (χ1) is 6.24. The Labute approximate surface area is 76.2 Å². The van der Waals surface area contributed by atoms with E-state index >= 15 is 0 Å². The van der Waals surface area contributed by atoms with Crippen molar-refractivity contribution in [2.24, 2.45) is 0 Å². The van der Waals surface area contributed by atoms with Crippen LogP contribution in [0.5, 0.6) is 0 Å². The van der Waals surface area contributed by atoms with Crippen LogP contribution in [0.1, 0.15) is 12.5 Å². The first-order valence-corrected chi connectivity index (χ1v) is 3.85. The SMILES string of the molecule is CC=C=Cc1ccc([N+](=O)[O-])cc1. The van der Waals surface area contributed by atoms with Crippen LogP contribution in [0, 0.1) is 10.1 Å². The number of rotatable bonds is 2. The predicted molar refractivity (Wildman–Crippen MR) is 51.3 cm³/mol. The van der Waals surface area contributed by atoms with Crippen LogP contribution < -0.4 is 0 Å². The van der Waals surface area contributed by atoms with E-state index in [9.17, 15) is 10.1 Å². The van der Waals surface area contributed by atoms with Gasteiger partial charge in [-0.25, -0.2) is 0 Å². The lowest BCUT2D eigenvalue weighted by Crippen LogP contribution is -1.86. The third-order valence-corrected chi connectivity index (χ3v) is 1.52. The third-order valence-electron chi connectivity index (χ3n) is 1.52. The Hall–Kier alpha value is -1.86. The molecule has 0 saturated heterocycles. The highest BCUT2D eigenvalue weighted by molar-refractivity contribution is 5.51. The zero-order valence-corrected chi connectivity index (χ0v) is 7.23. The molecule has 3 nitrogen and oxygen atoms in total. The average molecular weight is 175 g/mol. The lowest BCUT2D eigenvalue weighted by Gasteiger charge is -1.91. The first kappa shape index (κ1) is 9.23. The number of nitro groups is 1. The maximum absolute atomic E-state index is 10.3. The van der Waals surface area contributed by atoms with Crippen molar-refractivity contribution < 1.29 is 4.92 Å². The van der Waals surface area contributed by atoms with Crippen molar-refractivity contribution in [2.45, 2.75) is 6.92 Å². The molecule has 0 aliphatic heterocycles. The topological polar surface area (TPSA) is 43.1 Å². The molecule has 0 aromatic heterocycles. The van der Waals surface area contributed by atoms with E-state index in [0.29, 0.717) is 0 Å². The second-order valence-electron chi connectivity index (χ2n) is 2.45. The van der Waals surface area contributed by atoms with Gasteiger partial charge in [0.25, 0.3) is 5.69 Å². The van der Waals surface area contributed by atoms with Gasteiger partial charge in [-0.2, -0.15) is 0 Å². The molecule has 0 radical (unpaired) electrons. The van der Waals surface area contributed by atoms with Crippen LogP contribution in [0.4, 0.5) is 5.69 Å². The van der Waals surface area contributed by atoms with Crippen molar-refractivity contribution in [1.82, 2.24) is 0 Å². The molecule has 66 valence electrons. The molecule has 0 unspecified atom stereocenters. The maximum Gasteiger partial charge on any atom is 0.269 e. The number of benzene rings is 1. The molecule has 3 heteroatoms. The summed E-state index contributed by atoms with van der Waals surface area (Å²) >= 11 is 0. The van der Waals surface area contributed by atoms with Gasteiger partial charge >= 0.3 is 0 Å². The van der Waals surface area contributed by atoms with E-state index in [2.05, 4.69) is 5.73 Å². The van der Waals surface area contributed by atoms with E-state index in [-0.39, 0.29) is 5.69 Å². The van der Waals surface area contributed by atoms with Crippen molar-refractivity contribution in [1.29, 1.82) is 0 Å². The van der Waals surface area contributed by atoms with E-state index in [0.717, 1.165) is 5.56 Å². The summed E-state index contributed by atoms with van der Waals surface area (Å²) in [6, 6.07) is 6.33. The zero-order valence-electron chi connectivity index (χ0n) is 7.23. The molecule has 0 N–H and O–H groups in total. The van der Waals surface area contributed by atoms with Crippen LogP contribution in [-0.2, 0) is 0 Å². The summed E-state index contributed by atoms with van der Waals surface area (Å²) in [5, 5.41) is 10.3. The highest BCUT2D eigenvalue weighted by Crippen LogP contribution is 2.12. The molecule has 0 aliphatic rings. The molecule has 0 atom stereocenters. The fourth-order valence-corrected chi connectivity index (χ4v) is 0.872. The first-order valence-electron chi connectivity index (χ1n) is 3.85. The van der Waals surface area contributed by atoms with Gasteiger partial charge in [-0.1, -0.05) is 0 Å². The number of non-ortho nitro benzene ring substituents is 1. The standard InChI is InChI=1S/C10H9NO2/c1-2-3-4-9-5-7-10(8-6-9)11(12)13/h2,4-8H,1H3. The number of nitrogens with zero attached hydrogens (tertiary/aromatic N) is 1. The van der Waals surface area contributed by atoms with Gasteiger partial charge in [0.1, 0.15) is 0 Å². The van der Waals surface area contributed by atoms with Gasteiger partial charge in [-0.15, -0.1) is 5.73 Å². The van der Waals surface area contributed by atoms with Gasteiger partial charge in [0.05, 0.1) is 4.92 Å². The molecule has 0 fully saturated rings. The number of nitro benzene ring substituents is 1. The van der Waals surface area contributed by atoms with Crippen molar-refractivity contribution in [3.8, 4) is 0 Å². The Morgan fingerprint density at radius 1 is 1.38 bits per heavy atom. The van der Waals surface area contributed by atoms with Crippen LogP contribution in [0.2, 0.25) is 0 Å². The molecule has 0 saturated carbocycles. The molecule has 1 aromatic rings. The molecule has 1 rings (SSSR count). The molecule has 0 amide bonds. The maximum atomic E-state index is 10.3. The lowest BCUT2D eigenvalue weighted by atomic mass is 10.2. The summed E-state index contributed by atoms with van der Waals surface area (Å²) in [4.78, 5) is 9.89. The molecule has 0 bridgehead atoms. The summed E-state index contributed by atoms with van der Waals surface area (Å²) in [5.74, 6) is 0. The predicted octanol–water partition coefficient (Wildman–Crippen LogP) is 2.78. The van der Waals surface area contributed by atoms with Crippen LogP contribution in [0.3, 0.4) is 0 Å². The fraction of sp³-hybridized carbons (Fsp3) is 0.100. The number of allylic oxidation sites excluding steroid dienone is 1. The van der Waals surface area contributed by atoms with Gasteiger partial charge in [-0.05, 0) is 36.8 Å². The quantitative estimate of drug-likeness (QED) is 0.394. The van der Waals surface area contributed by atoms with E-state index < -0.39 is 4.92 Å². The van der Waals surface area contributed by atoms with E-state index in [1.54, 1.807) is 24.3 Å². The summed E-state index contributed by atoms with van der Waals surface area (Å²) < 4.78 is 0. The number of hydrogen-bond acceptors (Lipinski definition) is 2. The van der Waals surface area contributed by atoms with Gasteiger partial charge in [0.15, 0.2) is 0 Å². The van der Waals surface area contributed by atoms with Gasteiger partial charge in [0, 0.05) is 12.1 Å². The van der Waals surface area contributed by atoms with E-state index in [4.69, 9.17) is 0 Å². The Morgan fingerprint density at radius 2 is 2.00 bits per heavy atom. The third kappa shape index (κ3) is 2.58. The highest BCUT2D eigenvalue weighted by atomic mass is 16.6. The largest absolute Gasteiger partial charge is 0.269 e. The summed E-state index contributed by atoms with van der Waals surface area (Å²) in [6.45, 7) is 1.86. The van der Waals surface area contributed by atoms with Crippen LogP contribution in [-0.4, -0.2) is 4.92 Å². The lowest BCUT2D eigenvalue weighted by molar-refractivity contribution is -0.384. The van der Waals surface area contributed by atoms with Gasteiger partial charge in [0.2, 0.25) is 0 Å². The smallest absolute Gasteiger partial charge is 0.258 e. The van der Waals surface area contributed by atoms with Crippen molar-refractivity contribution in [3.63, 3.8) is 0 Å². The Kier molecular flexibility index (Phi) is 3.01. The second kappa shape index (κ2) is 4.24. The molecule has 1 aromatic carbocycles. The molecular formula is C10H9NO2. The summed E-state index contributed by atoms with van der Waals surface area (Å²) in [6.07, 6.45) is 3.55. The van der Waals surface area contributed by atoms with Crippen molar-refractivity contribution >= 4 is 11.8 Å². The molecule has 0 heterocycles. The minimum absolute atomic E-state index is 0.109. The van der Waals surface area contributed by atoms with Crippen LogP contribution >= 0.6 is 0 Å².